The molecule has 0 bridgehead atoms. The highest BCUT2D eigenvalue weighted by atomic mass is 31.3. The molecule has 0 spiro atoms. The number of nitrogens with zero attached hydrogens (tertiary/aromatic N) is 8. The Bertz CT molecular complexity index is 3380. The molecule has 5 aromatic heterocycles. The van der Waals surface area contributed by atoms with Crippen molar-refractivity contribution in [1.29, 1.82) is 0 Å². The zero-order valence-corrected chi connectivity index (χ0v) is 45.4. The predicted octanol–water partition coefficient (Wildman–Crippen LogP) is -1.91. The van der Waals surface area contributed by atoms with Crippen LogP contribution in [0.25, 0.3) is 22.3 Å². The van der Waals surface area contributed by atoms with E-state index in [0.717, 1.165) is 42.4 Å². The summed E-state index contributed by atoms with van der Waals surface area (Å²) in [4.78, 5) is 103. The maximum absolute atomic E-state index is 14.2. The van der Waals surface area contributed by atoms with E-state index in [0.29, 0.717) is 6.42 Å². The summed E-state index contributed by atoms with van der Waals surface area (Å²) in [7, 11) is -18.5. The summed E-state index contributed by atoms with van der Waals surface area (Å²) in [6.45, 7) is -0.648. The maximum Gasteiger partial charge on any atom is 0.517 e. The van der Waals surface area contributed by atoms with Crippen LogP contribution in [0.1, 0.15) is 57.7 Å². The molecule has 5 aromatic rings. The van der Waals surface area contributed by atoms with Gasteiger partial charge < -0.3 is 65.7 Å². The Morgan fingerprint density at radius 1 is 0.873 bits per heavy atom. The summed E-state index contributed by atoms with van der Waals surface area (Å²) in [6.07, 6.45) is -7.92. The van der Waals surface area contributed by atoms with Crippen LogP contribution in [0.2, 0.25) is 0 Å². The first-order chi connectivity index (χ1) is 37.3. The molecular formula is C39H57N13O23P4+2. The molecule has 3 saturated heterocycles. The van der Waals surface area contributed by atoms with Gasteiger partial charge in [0.15, 0.2) is 36.4 Å². The van der Waals surface area contributed by atoms with E-state index in [9.17, 15) is 67.4 Å². The number of imidazole rings is 2. The van der Waals surface area contributed by atoms with Crippen LogP contribution >= 0.6 is 31.5 Å². The lowest BCUT2D eigenvalue weighted by molar-refractivity contribution is -0.745. The van der Waals surface area contributed by atoms with Gasteiger partial charge in [-0.15, -0.1) is 4.52 Å². The lowest BCUT2D eigenvalue weighted by Gasteiger charge is -2.22. The molecule has 0 aliphatic carbocycles. The normalized spacial score (nSPS) is 28.7. The fourth-order valence-electron chi connectivity index (χ4n) is 9.22. The van der Waals surface area contributed by atoms with Crippen LogP contribution in [-0.2, 0) is 71.2 Å². The number of phosphoric acid groups is 3. The highest BCUT2D eigenvalue weighted by molar-refractivity contribution is 7.66. The molecule has 0 saturated carbocycles. The standard InChI is InChI=1S/C39H55N13O23P4/c1-4-5-6-7-9-42-23(54)11-18-19(71-35(26(18)55)52-17-49(2)25-33(52)47-38(41)48-34(25)58)13-69-77(61,62)74-79(65,66)75-78(63,64)70-14-21-30(29(67-3)37(73-21)51-16-45-24-31(40)43-15-44-32(24)51)76(60)68-12-20-27(56)28(57)36(72-20)50-10-8-22(53)46-39(50)59/h8,10,15-21,26-30,35-37,55-57H,4-7,9,11-14H2,1-3H3,(H8-2,40,41,42,43,44,46,47,48,53,54,58,59,61,62,63,64,65,66)/p+2/t18-,19-,20-,21-,26-,27-,28-,29-,30-,35-,36-,37-/m1/s1. The number of aromatic amines is 2. The molecule has 16 atom stereocenters. The van der Waals surface area contributed by atoms with E-state index in [1.807, 2.05) is 11.9 Å². The molecule has 79 heavy (non-hydrogen) atoms. The van der Waals surface area contributed by atoms with E-state index in [2.05, 4.69) is 38.9 Å². The van der Waals surface area contributed by atoms with Crippen molar-refractivity contribution in [3.63, 3.8) is 0 Å². The molecule has 3 aliphatic rings. The number of methoxy groups -OCH3 is 1. The number of nitrogens with two attached hydrogens (primary N) is 2. The highest BCUT2D eigenvalue weighted by Crippen LogP contribution is 2.68. The summed E-state index contributed by atoms with van der Waals surface area (Å²) in [5.74, 6) is -2.12. The van der Waals surface area contributed by atoms with E-state index < -0.39 is 153 Å². The van der Waals surface area contributed by atoms with E-state index >= 15 is 0 Å². The Morgan fingerprint density at radius 3 is 2.25 bits per heavy atom. The largest absolute Gasteiger partial charge is 0.517 e. The first-order valence-electron chi connectivity index (χ1n) is 23.9. The van der Waals surface area contributed by atoms with Crippen molar-refractivity contribution in [3.05, 3.63) is 62.4 Å². The number of H-pyrrole nitrogens is 2. The van der Waals surface area contributed by atoms with Crippen molar-refractivity contribution < 1.29 is 98.8 Å². The Balaban J connectivity index is 0.949. The average Bonchev–Trinajstić information content (AvgIpc) is 4.23. The summed E-state index contributed by atoms with van der Waals surface area (Å²) in [5.41, 5.74) is 7.93. The number of phosphoric ester groups is 2. The van der Waals surface area contributed by atoms with Crippen molar-refractivity contribution in [2.24, 2.45) is 13.0 Å². The van der Waals surface area contributed by atoms with Crippen LogP contribution in [0.3, 0.4) is 0 Å². The molecule has 1 amide bonds. The lowest BCUT2D eigenvalue weighted by atomic mass is 9.94. The molecular weight excluding hydrogens is 1140 g/mol. The maximum atomic E-state index is 14.2. The van der Waals surface area contributed by atoms with Gasteiger partial charge in [-0.05, 0) is 11.0 Å². The van der Waals surface area contributed by atoms with Crippen molar-refractivity contribution >= 4 is 71.5 Å². The number of unbranched alkanes of at least 4 members (excludes halogenated alkanes) is 3. The van der Waals surface area contributed by atoms with E-state index in [1.165, 1.54) is 40.5 Å². The number of amides is 1. The van der Waals surface area contributed by atoms with Gasteiger partial charge in [0, 0.05) is 38.3 Å². The number of aryl methyl sites for hydroxylation is 1. The molecule has 8 rings (SSSR count). The number of rotatable bonds is 25. The molecule has 8 heterocycles. The fraction of sp³-hybridized carbons (Fsp3) is 0.615. The first-order valence-corrected chi connectivity index (χ1v) is 29.7. The number of aliphatic hydroxyl groups excluding tert-OH is 3. The smallest absolute Gasteiger partial charge is 0.387 e. The second kappa shape index (κ2) is 24.5. The SMILES string of the molecule is CCCCCCNC(=O)C[C@H]1[C@@H](O)[C@H]([n+]2cn(C)c3c(=O)[nH]c(N)nc32)O[C@@H]1COP(=O)(O)OP(=O)(O)OP(=O)(O)OC[C@H]1O[C@@H](n2cnc3c(N)ncnc32)[C@H](OC)[C@@H]1[P+](=O)OC[C@H]1O[C@@H](n2ccc(=O)[nH]c2=O)[C@H](O)[C@@H]1O. The third kappa shape index (κ3) is 13.5. The van der Waals surface area contributed by atoms with E-state index in [4.69, 9.17) is 44.0 Å². The Labute approximate surface area is 444 Å². The molecule has 3 aliphatic heterocycles. The van der Waals surface area contributed by atoms with Crippen LogP contribution in [0, 0.1) is 5.92 Å². The number of carbonyl (C=O) groups is 1. The summed E-state index contributed by atoms with van der Waals surface area (Å²) >= 11 is 0. The fourth-order valence-corrected chi connectivity index (χ4v) is 14.1. The third-order valence-electron chi connectivity index (χ3n) is 12.9. The monoisotopic (exact) mass is 1200 g/mol. The topological polar surface area (TPSA) is 507 Å². The Morgan fingerprint density at radius 2 is 1.57 bits per heavy atom. The second-order valence-corrected chi connectivity index (χ2v) is 24.3. The van der Waals surface area contributed by atoms with E-state index in [-0.39, 0.29) is 40.6 Å². The van der Waals surface area contributed by atoms with Crippen LogP contribution in [0.4, 0.5) is 11.8 Å². The van der Waals surface area contributed by atoms with Gasteiger partial charge in [-0.2, -0.15) is 8.62 Å². The average molecular weight is 1200 g/mol. The van der Waals surface area contributed by atoms with E-state index in [1.54, 1.807) is 0 Å². The molecule has 0 aromatic carbocycles. The Kier molecular flexibility index (Phi) is 18.6. The lowest BCUT2D eigenvalue weighted by Crippen LogP contribution is -2.45. The molecule has 36 nitrogen and oxygen atoms in total. The van der Waals surface area contributed by atoms with Gasteiger partial charge in [-0.3, -0.25) is 47.1 Å². The second-order valence-electron chi connectivity index (χ2n) is 18.2. The molecule has 4 unspecified atom stereocenters. The van der Waals surface area contributed by atoms with Crippen molar-refractivity contribution in [3.8, 4) is 0 Å². The van der Waals surface area contributed by atoms with Gasteiger partial charge >= 0.3 is 42.8 Å². The van der Waals surface area contributed by atoms with Gasteiger partial charge in [0.25, 0.3) is 17.1 Å². The van der Waals surface area contributed by atoms with Gasteiger partial charge in [-0.25, -0.2) is 38.0 Å². The minimum atomic E-state index is -6.20. The summed E-state index contributed by atoms with van der Waals surface area (Å²) in [6, 6.07) is 0.961. The van der Waals surface area contributed by atoms with Crippen LogP contribution in [-0.4, -0.2) is 161 Å². The van der Waals surface area contributed by atoms with Crippen molar-refractivity contribution in [1.82, 2.24) is 48.9 Å². The molecule has 40 heteroatoms. The number of anilines is 2. The number of aliphatic hydroxyl groups is 3. The van der Waals surface area contributed by atoms with Gasteiger partial charge in [0.2, 0.25) is 23.3 Å². The number of carbonyl (C=O) groups excluding carboxylic acids is 1. The zero-order valence-electron chi connectivity index (χ0n) is 41.8. The number of aromatic nitrogens is 10. The van der Waals surface area contributed by atoms with Gasteiger partial charge in [0.1, 0.15) is 49.0 Å². The number of fused-ring (bicyclic) bond motifs is 2. The Hall–Kier alpha value is -5.16. The molecule has 13 N–H and O–H groups in total. The quantitative estimate of drug-likeness (QED) is 0.0173. The summed E-state index contributed by atoms with van der Waals surface area (Å²) in [5, 5.41) is 35.9. The molecule has 434 valence electrons. The number of hydrogen-bond acceptors (Lipinski definition) is 26. The van der Waals surface area contributed by atoms with Crippen molar-refractivity contribution in [2.45, 2.75) is 106 Å². The van der Waals surface area contributed by atoms with Crippen LogP contribution in [0.15, 0.2) is 45.6 Å². The number of nitrogen functional groups attached to an aromatic ring is 2. The molecule has 0 radical (unpaired) electrons. The number of nitrogens with one attached hydrogen (secondary N) is 3. The van der Waals surface area contributed by atoms with Crippen LogP contribution in [0.5, 0.6) is 0 Å². The minimum absolute atomic E-state index is 0.00607. The first kappa shape index (κ1) is 59.9. The predicted molar refractivity (Wildman–Crippen MR) is 264 cm³/mol. The van der Waals surface area contributed by atoms with Gasteiger partial charge in [-0.1, -0.05) is 31.2 Å². The molecule has 3 fully saturated rings. The highest BCUT2D eigenvalue weighted by Gasteiger charge is 2.60. The number of ether oxygens (including phenoxy) is 4. The van der Waals surface area contributed by atoms with Crippen molar-refractivity contribution in [2.75, 3.05) is 44.9 Å². The summed E-state index contributed by atoms with van der Waals surface area (Å²) < 4.78 is 106. The zero-order chi connectivity index (χ0) is 57.3. The van der Waals surface area contributed by atoms with Gasteiger partial charge in [0.05, 0.1) is 32.7 Å². The third-order valence-corrected chi connectivity index (χ3v) is 18.7. The minimum Gasteiger partial charge on any atom is -0.387 e. The van der Waals surface area contributed by atoms with Crippen LogP contribution < -0.4 is 38.2 Å². The number of hydrogen-bond donors (Lipinski definition) is 11.